The van der Waals surface area contributed by atoms with Gasteiger partial charge in [0.05, 0.1) is 6.10 Å². The van der Waals surface area contributed by atoms with Crippen molar-refractivity contribution in [2.45, 2.75) is 25.4 Å². The molecule has 110 valence electrons. The molecule has 0 saturated carbocycles. The summed E-state index contributed by atoms with van der Waals surface area (Å²) in [5.41, 5.74) is 6.18. The molecule has 0 unspecified atom stereocenters. The van der Waals surface area contributed by atoms with Crippen molar-refractivity contribution in [3.05, 3.63) is 34.3 Å². The lowest BCUT2D eigenvalue weighted by molar-refractivity contribution is 0.00844. The van der Waals surface area contributed by atoms with Gasteiger partial charge in [0.15, 0.2) is 0 Å². The lowest BCUT2D eigenvalue weighted by atomic mass is 10.1. The van der Waals surface area contributed by atoms with E-state index >= 15 is 0 Å². The fourth-order valence-corrected chi connectivity index (χ4v) is 2.76. The number of hydrogen-bond acceptors (Lipinski definition) is 3. The zero-order chi connectivity index (χ0) is 14.4. The van der Waals surface area contributed by atoms with Crippen LogP contribution in [-0.4, -0.2) is 43.2 Å². The lowest BCUT2D eigenvalue weighted by Crippen LogP contribution is -2.41. The van der Waals surface area contributed by atoms with Crippen LogP contribution in [0.25, 0.3) is 0 Å². The Bertz CT molecular complexity index is 445. The molecule has 2 rings (SSSR count). The number of rotatable bonds is 5. The van der Waals surface area contributed by atoms with Crippen LogP contribution in [0.3, 0.4) is 0 Å². The van der Waals surface area contributed by atoms with Crippen LogP contribution >= 0.6 is 15.9 Å². The van der Waals surface area contributed by atoms with E-state index in [1.807, 2.05) is 29.2 Å². The van der Waals surface area contributed by atoms with Crippen LogP contribution in [0.15, 0.2) is 28.7 Å². The Kier molecular flexibility index (Phi) is 6.01. The third kappa shape index (κ3) is 4.30. The molecule has 5 heteroatoms. The molecule has 0 radical (unpaired) electrons. The fraction of sp³-hybridized carbons (Fsp3) is 0.533. The molecular weight excluding hydrogens is 320 g/mol. The molecule has 4 nitrogen and oxygen atoms in total. The van der Waals surface area contributed by atoms with Crippen molar-refractivity contribution in [1.29, 1.82) is 0 Å². The maximum absolute atomic E-state index is 12.4. The van der Waals surface area contributed by atoms with Gasteiger partial charge in [-0.1, -0.05) is 22.0 Å². The molecule has 2 N–H and O–H groups in total. The normalized spacial score (nSPS) is 16.4. The van der Waals surface area contributed by atoms with Crippen molar-refractivity contribution in [2.75, 3.05) is 26.2 Å². The summed E-state index contributed by atoms with van der Waals surface area (Å²) in [5.74, 6) is 0.103. The van der Waals surface area contributed by atoms with Crippen LogP contribution in [0.1, 0.15) is 29.6 Å². The first kappa shape index (κ1) is 15.5. The van der Waals surface area contributed by atoms with E-state index in [1.165, 1.54) is 0 Å². The second kappa shape index (κ2) is 7.76. The highest BCUT2D eigenvalue weighted by Crippen LogP contribution is 2.18. The van der Waals surface area contributed by atoms with Gasteiger partial charge >= 0.3 is 0 Å². The molecule has 1 amide bonds. The molecule has 1 aliphatic heterocycles. The average molecular weight is 341 g/mol. The van der Waals surface area contributed by atoms with Gasteiger partial charge in [-0.15, -0.1) is 0 Å². The van der Waals surface area contributed by atoms with Crippen LogP contribution in [0.2, 0.25) is 0 Å². The number of nitrogens with zero attached hydrogens (tertiary/aromatic N) is 1. The number of carbonyl (C=O) groups excluding carboxylic acids is 1. The minimum Gasteiger partial charge on any atom is -0.378 e. The summed E-state index contributed by atoms with van der Waals surface area (Å²) in [6, 6.07) is 7.54. The zero-order valence-corrected chi connectivity index (χ0v) is 13.1. The van der Waals surface area contributed by atoms with Crippen molar-refractivity contribution in [3.63, 3.8) is 0 Å². The first-order valence-electron chi connectivity index (χ1n) is 7.07. The van der Waals surface area contributed by atoms with E-state index in [1.54, 1.807) is 0 Å². The van der Waals surface area contributed by atoms with Gasteiger partial charge in [0, 0.05) is 29.7 Å². The summed E-state index contributed by atoms with van der Waals surface area (Å²) in [7, 11) is 0. The van der Waals surface area contributed by atoms with Crippen LogP contribution in [0.4, 0.5) is 0 Å². The van der Waals surface area contributed by atoms with Gasteiger partial charge < -0.3 is 15.4 Å². The summed E-state index contributed by atoms with van der Waals surface area (Å²) in [6.07, 6.45) is 2.99. The minimum absolute atomic E-state index is 0.103. The summed E-state index contributed by atoms with van der Waals surface area (Å²) >= 11 is 3.40. The van der Waals surface area contributed by atoms with Crippen LogP contribution in [0.5, 0.6) is 0 Å². The first-order valence-corrected chi connectivity index (χ1v) is 7.86. The number of amides is 1. The number of likely N-dealkylation sites (tertiary alicyclic amines) is 1. The topological polar surface area (TPSA) is 55.6 Å². The summed E-state index contributed by atoms with van der Waals surface area (Å²) < 4.78 is 6.68. The Morgan fingerprint density at radius 1 is 1.40 bits per heavy atom. The molecule has 0 aliphatic carbocycles. The molecule has 0 atom stereocenters. The Balaban J connectivity index is 1.83. The SMILES string of the molecule is NCCCOC1CCN(C(=O)c2cccc(Br)c2)CC1. The molecular formula is C15H21BrN2O2. The van der Waals surface area contributed by atoms with Gasteiger partial charge in [-0.25, -0.2) is 0 Å². The molecule has 1 aromatic rings. The molecule has 0 aromatic heterocycles. The Morgan fingerprint density at radius 2 is 2.15 bits per heavy atom. The van der Waals surface area contributed by atoms with Crippen molar-refractivity contribution in [1.82, 2.24) is 4.90 Å². The second-order valence-corrected chi connectivity index (χ2v) is 5.93. The quantitative estimate of drug-likeness (QED) is 0.837. The molecule has 20 heavy (non-hydrogen) atoms. The third-order valence-corrected chi connectivity index (χ3v) is 4.00. The summed E-state index contributed by atoms with van der Waals surface area (Å²) in [4.78, 5) is 14.3. The fourth-order valence-electron chi connectivity index (χ4n) is 2.36. The minimum atomic E-state index is 0.103. The monoisotopic (exact) mass is 340 g/mol. The third-order valence-electron chi connectivity index (χ3n) is 3.50. The average Bonchev–Trinajstić information content (AvgIpc) is 2.47. The molecule has 1 heterocycles. The van der Waals surface area contributed by atoms with E-state index in [-0.39, 0.29) is 12.0 Å². The van der Waals surface area contributed by atoms with Crippen LogP contribution in [0, 0.1) is 0 Å². The smallest absolute Gasteiger partial charge is 0.253 e. The van der Waals surface area contributed by atoms with Crippen LogP contribution < -0.4 is 5.73 Å². The van der Waals surface area contributed by atoms with Crippen molar-refractivity contribution in [3.8, 4) is 0 Å². The Labute approximate surface area is 128 Å². The zero-order valence-electron chi connectivity index (χ0n) is 11.6. The predicted octanol–water partition coefficient (Wildman–Crippen LogP) is 2.42. The lowest BCUT2D eigenvalue weighted by Gasteiger charge is -2.32. The van der Waals surface area contributed by atoms with E-state index in [2.05, 4.69) is 15.9 Å². The van der Waals surface area contributed by atoms with Gasteiger partial charge in [-0.05, 0) is 44.0 Å². The highest BCUT2D eigenvalue weighted by atomic mass is 79.9. The first-order chi connectivity index (χ1) is 9.70. The molecule has 1 aromatic carbocycles. The number of ether oxygens (including phenoxy) is 1. The highest BCUT2D eigenvalue weighted by molar-refractivity contribution is 9.10. The van der Waals surface area contributed by atoms with Gasteiger partial charge in [-0.3, -0.25) is 4.79 Å². The molecule has 1 saturated heterocycles. The second-order valence-electron chi connectivity index (χ2n) is 5.01. The standard InChI is InChI=1S/C15H21BrN2O2/c16-13-4-1-3-12(11-13)15(19)18-8-5-14(6-9-18)20-10-2-7-17/h1,3-4,11,14H,2,5-10,17H2. The van der Waals surface area contributed by atoms with E-state index < -0.39 is 0 Å². The van der Waals surface area contributed by atoms with Crippen molar-refractivity contribution < 1.29 is 9.53 Å². The van der Waals surface area contributed by atoms with Gasteiger partial charge in [-0.2, -0.15) is 0 Å². The van der Waals surface area contributed by atoms with Crippen LogP contribution in [-0.2, 0) is 4.74 Å². The number of nitrogens with two attached hydrogens (primary N) is 1. The van der Waals surface area contributed by atoms with Gasteiger partial charge in [0.1, 0.15) is 0 Å². The van der Waals surface area contributed by atoms with Gasteiger partial charge in [0.25, 0.3) is 5.91 Å². The largest absolute Gasteiger partial charge is 0.378 e. The van der Waals surface area contributed by atoms with Gasteiger partial charge in [0.2, 0.25) is 0 Å². The predicted molar refractivity (Wildman–Crippen MR) is 82.7 cm³/mol. The van der Waals surface area contributed by atoms with E-state index in [0.29, 0.717) is 6.54 Å². The molecule has 1 fully saturated rings. The molecule has 0 bridgehead atoms. The van der Waals surface area contributed by atoms with E-state index in [0.717, 1.165) is 49.0 Å². The number of carbonyl (C=O) groups is 1. The van der Waals surface area contributed by atoms with Crippen molar-refractivity contribution >= 4 is 21.8 Å². The molecule has 0 spiro atoms. The molecule has 1 aliphatic rings. The maximum atomic E-state index is 12.4. The van der Waals surface area contributed by atoms with E-state index in [4.69, 9.17) is 10.5 Å². The number of halogens is 1. The van der Waals surface area contributed by atoms with E-state index in [9.17, 15) is 4.79 Å². The number of piperidine rings is 1. The highest BCUT2D eigenvalue weighted by Gasteiger charge is 2.23. The Hall–Kier alpha value is -0.910. The number of benzene rings is 1. The number of hydrogen-bond donors (Lipinski definition) is 1. The summed E-state index contributed by atoms with van der Waals surface area (Å²) in [6.45, 7) is 2.91. The van der Waals surface area contributed by atoms with Crippen molar-refractivity contribution in [2.24, 2.45) is 5.73 Å². The summed E-state index contributed by atoms with van der Waals surface area (Å²) in [5, 5.41) is 0. The Morgan fingerprint density at radius 3 is 2.80 bits per heavy atom. The maximum Gasteiger partial charge on any atom is 0.253 e.